The molecule has 1 saturated heterocycles. The molecule has 0 saturated carbocycles. The van der Waals surface area contributed by atoms with Gasteiger partial charge in [0.2, 0.25) is 0 Å². The Morgan fingerprint density at radius 3 is 3.00 bits per heavy atom. The fourth-order valence-electron chi connectivity index (χ4n) is 2.88. The van der Waals surface area contributed by atoms with Gasteiger partial charge in [0.15, 0.2) is 0 Å². The van der Waals surface area contributed by atoms with E-state index in [1.165, 1.54) is 0 Å². The Hall–Kier alpha value is -2.08. The van der Waals surface area contributed by atoms with Gasteiger partial charge in [0.25, 0.3) is 5.91 Å². The van der Waals surface area contributed by atoms with Gasteiger partial charge in [-0.2, -0.15) is 5.10 Å². The van der Waals surface area contributed by atoms with Gasteiger partial charge in [0.05, 0.1) is 17.8 Å². The number of aryl methyl sites for hydroxylation is 2. The van der Waals surface area contributed by atoms with Crippen LogP contribution >= 0.6 is 11.6 Å². The summed E-state index contributed by atoms with van der Waals surface area (Å²) in [6.07, 6.45) is 4.92. The maximum absolute atomic E-state index is 12.7. The molecule has 0 radical (unpaired) electrons. The normalized spacial score (nSPS) is 18.0. The predicted molar refractivity (Wildman–Crippen MR) is 86.9 cm³/mol. The Balaban J connectivity index is 1.71. The van der Waals surface area contributed by atoms with Crippen molar-refractivity contribution in [1.29, 1.82) is 0 Å². The Morgan fingerprint density at radius 1 is 1.48 bits per heavy atom. The van der Waals surface area contributed by atoms with Crippen molar-refractivity contribution in [3.63, 3.8) is 0 Å². The van der Waals surface area contributed by atoms with E-state index >= 15 is 0 Å². The highest BCUT2D eigenvalue weighted by molar-refractivity contribution is 6.31. The Labute approximate surface area is 139 Å². The highest BCUT2D eigenvalue weighted by Crippen LogP contribution is 2.26. The molecule has 0 spiro atoms. The molecule has 0 bridgehead atoms. The standard InChI is InChI=1S/C16H19ClN4O2/c1-10-15(11(2)20-19-10)16(22)21-7-3-4-12(9-21)23-14-5-6-18-8-13(14)17/h5-6,8,12H,3-4,7,9H2,1-2H3,(H,19,20)/t12-/m0/s1. The highest BCUT2D eigenvalue weighted by atomic mass is 35.5. The number of pyridine rings is 1. The first-order valence-electron chi connectivity index (χ1n) is 7.63. The van der Waals surface area contributed by atoms with Crippen LogP contribution in [-0.4, -0.2) is 45.2 Å². The number of hydrogen-bond acceptors (Lipinski definition) is 4. The number of carbonyl (C=O) groups excluding carboxylic acids is 1. The van der Waals surface area contributed by atoms with E-state index < -0.39 is 0 Å². The molecule has 0 aliphatic carbocycles. The van der Waals surface area contributed by atoms with E-state index in [-0.39, 0.29) is 12.0 Å². The van der Waals surface area contributed by atoms with E-state index in [4.69, 9.17) is 16.3 Å². The van der Waals surface area contributed by atoms with E-state index in [1.807, 2.05) is 18.7 Å². The molecule has 1 aliphatic rings. The maximum Gasteiger partial charge on any atom is 0.257 e. The minimum absolute atomic E-state index is 0.00266. The number of likely N-dealkylation sites (tertiary alicyclic amines) is 1. The summed E-state index contributed by atoms with van der Waals surface area (Å²) in [5.41, 5.74) is 2.19. The second kappa shape index (κ2) is 6.58. The average molecular weight is 335 g/mol. The number of hydrogen-bond donors (Lipinski definition) is 1. The summed E-state index contributed by atoms with van der Waals surface area (Å²) in [5, 5.41) is 7.45. The molecule has 1 amide bonds. The lowest BCUT2D eigenvalue weighted by molar-refractivity contribution is 0.0536. The van der Waals surface area contributed by atoms with E-state index in [0.717, 1.165) is 30.8 Å². The molecular weight excluding hydrogens is 316 g/mol. The number of nitrogens with one attached hydrogen (secondary N) is 1. The molecule has 1 atom stereocenters. The second-order valence-corrected chi connectivity index (χ2v) is 6.16. The quantitative estimate of drug-likeness (QED) is 0.937. The molecule has 7 heteroatoms. The maximum atomic E-state index is 12.7. The summed E-state index contributed by atoms with van der Waals surface area (Å²) < 4.78 is 5.96. The van der Waals surface area contributed by atoms with Crippen LogP contribution < -0.4 is 4.74 Å². The average Bonchev–Trinajstić information content (AvgIpc) is 2.88. The van der Waals surface area contributed by atoms with Crippen LogP contribution in [-0.2, 0) is 0 Å². The van der Waals surface area contributed by atoms with Gasteiger partial charge in [0.1, 0.15) is 16.9 Å². The first-order valence-corrected chi connectivity index (χ1v) is 8.01. The molecule has 1 N–H and O–H groups in total. The van der Waals surface area contributed by atoms with Gasteiger partial charge >= 0.3 is 0 Å². The number of piperidine rings is 1. The van der Waals surface area contributed by atoms with Crippen molar-refractivity contribution in [3.05, 3.63) is 40.4 Å². The van der Waals surface area contributed by atoms with Crippen molar-refractivity contribution in [2.75, 3.05) is 13.1 Å². The molecular formula is C16H19ClN4O2. The number of halogens is 1. The molecule has 3 rings (SSSR count). The number of H-pyrrole nitrogens is 1. The summed E-state index contributed by atoms with van der Waals surface area (Å²) in [4.78, 5) is 18.5. The minimum Gasteiger partial charge on any atom is -0.487 e. The van der Waals surface area contributed by atoms with Gasteiger partial charge in [-0.15, -0.1) is 0 Å². The summed E-state index contributed by atoms with van der Waals surface area (Å²) in [6, 6.07) is 1.74. The molecule has 0 unspecified atom stereocenters. The lowest BCUT2D eigenvalue weighted by Gasteiger charge is -2.33. The van der Waals surface area contributed by atoms with Crippen LogP contribution in [0, 0.1) is 13.8 Å². The fourth-order valence-corrected chi connectivity index (χ4v) is 3.04. The summed E-state index contributed by atoms with van der Waals surface area (Å²) in [7, 11) is 0. The van der Waals surface area contributed by atoms with E-state index in [1.54, 1.807) is 18.5 Å². The van der Waals surface area contributed by atoms with Gasteiger partial charge in [-0.05, 0) is 26.7 Å². The molecule has 3 heterocycles. The zero-order valence-electron chi connectivity index (χ0n) is 13.2. The van der Waals surface area contributed by atoms with Crippen LogP contribution in [0.4, 0.5) is 0 Å². The van der Waals surface area contributed by atoms with Crippen molar-refractivity contribution in [1.82, 2.24) is 20.1 Å². The zero-order chi connectivity index (χ0) is 16.4. The van der Waals surface area contributed by atoms with Crippen molar-refractivity contribution in [2.24, 2.45) is 0 Å². The van der Waals surface area contributed by atoms with Crippen LogP contribution in [0.15, 0.2) is 18.5 Å². The molecule has 1 aliphatic heterocycles. The number of amides is 1. The van der Waals surface area contributed by atoms with Crippen LogP contribution in [0.5, 0.6) is 5.75 Å². The van der Waals surface area contributed by atoms with Crippen molar-refractivity contribution < 1.29 is 9.53 Å². The Kier molecular flexibility index (Phi) is 4.52. The van der Waals surface area contributed by atoms with Crippen molar-refractivity contribution >= 4 is 17.5 Å². The summed E-state index contributed by atoms with van der Waals surface area (Å²) in [6.45, 7) is 4.97. The van der Waals surface area contributed by atoms with Crippen molar-refractivity contribution in [2.45, 2.75) is 32.8 Å². The fraction of sp³-hybridized carbons (Fsp3) is 0.438. The summed E-state index contributed by atoms with van der Waals surface area (Å²) >= 11 is 6.08. The number of aromatic nitrogens is 3. The van der Waals surface area contributed by atoms with Gasteiger partial charge in [0, 0.05) is 30.7 Å². The van der Waals surface area contributed by atoms with E-state index in [2.05, 4.69) is 15.2 Å². The Morgan fingerprint density at radius 2 is 2.30 bits per heavy atom. The molecule has 1 fully saturated rings. The number of rotatable bonds is 3. The van der Waals surface area contributed by atoms with Crippen LogP contribution in [0.3, 0.4) is 0 Å². The van der Waals surface area contributed by atoms with Crippen molar-refractivity contribution in [3.8, 4) is 5.75 Å². The van der Waals surface area contributed by atoms with Crippen LogP contribution in [0.1, 0.15) is 34.6 Å². The largest absolute Gasteiger partial charge is 0.487 e. The van der Waals surface area contributed by atoms with Gasteiger partial charge in [-0.3, -0.25) is 14.9 Å². The smallest absolute Gasteiger partial charge is 0.257 e. The van der Waals surface area contributed by atoms with Gasteiger partial charge in [-0.1, -0.05) is 11.6 Å². The number of carbonyl (C=O) groups is 1. The molecule has 6 nitrogen and oxygen atoms in total. The topological polar surface area (TPSA) is 71.1 Å². The molecule has 122 valence electrons. The first kappa shape index (κ1) is 15.8. The lowest BCUT2D eigenvalue weighted by atomic mass is 10.1. The third-order valence-electron chi connectivity index (χ3n) is 4.04. The first-order chi connectivity index (χ1) is 11.1. The van der Waals surface area contributed by atoms with Gasteiger partial charge < -0.3 is 9.64 Å². The number of ether oxygens (including phenoxy) is 1. The highest BCUT2D eigenvalue weighted by Gasteiger charge is 2.28. The molecule has 2 aromatic heterocycles. The zero-order valence-corrected chi connectivity index (χ0v) is 13.9. The minimum atomic E-state index is -0.0693. The molecule has 0 aromatic carbocycles. The van der Waals surface area contributed by atoms with Crippen LogP contribution in [0.25, 0.3) is 0 Å². The third-order valence-corrected chi connectivity index (χ3v) is 4.32. The summed E-state index contributed by atoms with van der Waals surface area (Å²) in [5.74, 6) is 0.611. The number of nitrogens with zero attached hydrogens (tertiary/aromatic N) is 3. The monoisotopic (exact) mass is 334 g/mol. The molecule has 2 aromatic rings. The third kappa shape index (κ3) is 3.32. The van der Waals surface area contributed by atoms with Crippen LogP contribution in [0.2, 0.25) is 5.02 Å². The van der Waals surface area contributed by atoms with E-state index in [0.29, 0.717) is 22.9 Å². The lowest BCUT2D eigenvalue weighted by Crippen LogP contribution is -2.44. The SMILES string of the molecule is Cc1n[nH]c(C)c1C(=O)N1CCC[C@H](Oc2ccncc2Cl)C1. The number of aromatic amines is 1. The predicted octanol–water partition coefficient (Wildman–Crippen LogP) is 2.76. The molecule has 23 heavy (non-hydrogen) atoms. The van der Waals surface area contributed by atoms with E-state index in [9.17, 15) is 4.79 Å². The second-order valence-electron chi connectivity index (χ2n) is 5.75. The Bertz CT molecular complexity index is 696. The van der Waals surface area contributed by atoms with Gasteiger partial charge in [-0.25, -0.2) is 0 Å².